The minimum Gasteiger partial charge on any atom is -0.465 e. The van der Waals surface area contributed by atoms with Gasteiger partial charge in [0.15, 0.2) is 0 Å². The second kappa shape index (κ2) is 7.98. The first-order chi connectivity index (χ1) is 8.35. The lowest BCUT2D eigenvalue weighted by molar-refractivity contribution is -0.139. The van der Waals surface area contributed by atoms with Crippen LogP contribution in [0.2, 0.25) is 0 Å². The molecule has 0 aliphatic heterocycles. The quantitative estimate of drug-likeness (QED) is 0.707. The van der Waals surface area contributed by atoms with Crippen molar-refractivity contribution in [1.29, 1.82) is 5.26 Å². The van der Waals surface area contributed by atoms with E-state index in [2.05, 4.69) is 11.4 Å². The van der Waals surface area contributed by atoms with Gasteiger partial charge in [0, 0.05) is 0 Å². The van der Waals surface area contributed by atoms with E-state index in [1.54, 1.807) is 13.8 Å². The van der Waals surface area contributed by atoms with Crippen molar-refractivity contribution in [2.75, 3.05) is 18.1 Å². The molecular weight excluding hydrogens is 252 g/mol. The molecule has 0 aliphatic carbocycles. The van der Waals surface area contributed by atoms with Gasteiger partial charge >= 0.3 is 5.97 Å². The lowest BCUT2D eigenvalue weighted by Crippen LogP contribution is -2.49. The largest absolute Gasteiger partial charge is 0.465 e. The molecule has 0 radical (unpaired) electrons. The maximum absolute atomic E-state index is 11.6. The molecule has 1 atom stereocenters. The summed E-state index contributed by atoms with van der Waals surface area (Å²) < 4.78 is 4.74. The smallest absolute Gasteiger partial charge is 0.315 e. The summed E-state index contributed by atoms with van der Waals surface area (Å²) in [6, 6.07) is 2.10. The summed E-state index contributed by atoms with van der Waals surface area (Å²) >= 11 is 1.18. The highest BCUT2D eigenvalue weighted by atomic mass is 32.2. The minimum atomic E-state index is -0.873. The molecule has 6 heteroatoms. The van der Waals surface area contributed by atoms with Crippen LogP contribution >= 0.6 is 11.8 Å². The van der Waals surface area contributed by atoms with Crippen molar-refractivity contribution >= 4 is 23.6 Å². The molecule has 1 unspecified atom stereocenters. The summed E-state index contributed by atoms with van der Waals surface area (Å²) in [5.74, 6) is -0.277. The molecule has 0 fully saturated rings. The first-order valence-corrected chi connectivity index (χ1v) is 6.96. The Bertz CT molecular complexity index is 339. The van der Waals surface area contributed by atoms with Gasteiger partial charge < -0.3 is 10.1 Å². The van der Waals surface area contributed by atoms with E-state index in [1.807, 2.05) is 13.8 Å². The third-order valence-electron chi connectivity index (χ3n) is 2.54. The molecule has 0 saturated carbocycles. The molecule has 0 aromatic heterocycles. The maximum atomic E-state index is 11.6. The molecule has 1 amide bonds. The van der Waals surface area contributed by atoms with E-state index in [4.69, 9.17) is 10.00 Å². The molecule has 0 bridgehead atoms. The molecule has 0 aromatic carbocycles. The van der Waals surface area contributed by atoms with Gasteiger partial charge in [0.2, 0.25) is 5.91 Å². The third-order valence-corrected chi connectivity index (χ3v) is 3.45. The molecule has 0 aliphatic rings. The normalized spacial score (nSPS) is 13.6. The highest BCUT2D eigenvalue weighted by molar-refractivity contribution is 8.00. The van der Waals surface area contributed by atoms with Crippen LogP contribution in [-0.2, 0) is 14.3 Å². The van der Waals surface area contributed by atoms with Gasteiger partial charge in [0.05, 0.1) is 24.2 Å². The number of amides is 1. The number of hydrogen-bond acceptors (Lipinski definition) is 5. The Balaban J connectivity index is 4.06. The molecule has 1 N–H and O–H groups in total. The van der Waals surface area contributed by atoms with Crippen LogP contribution in [0.25, 0.3) is 0 Å². The topological polar surface area (TPSA) is 79.2 Å². The molecule has 18 heavy (non-hydrogen) atoms. The van der Waals surface area contributed by atoms with E-state index in [0.717, 1.165) is 0 Å². The Labute approximate surface area is 112 Å². The molecular formula is C12H20N2O3S. The second-order valence-electron chi connectivity index (χ2n) is 4.31. The highest BCUT2D eigenvalue weighted by Gasteiger charge is 2.29. The fourth-order valence-corrected chi connectivity index (χ4v) is 1.67. The number of thioether (sulfide) groups is 1. The predicted octanol–water partition coefficient (Wildman–Crippen LogP) is 1.34. The first-order valence-electron chi connectivity index (χ1n) is 5.81. The standard InChI is InChI=1S/C12H20N2O3S/c1-5-17-11(16)7-18-6-10(15)14-12(4,8-13)9(2)3/h9H,5-7H2,1-4H3,(H,14,15). The third kappa shape index (κ3) is 5.92. The molecule has 0 aromatic rings. The molecule has 0 saturated heterocycles. The summed E-state index contributed by atoms with van der Waals surface area (Å²) in [5.41, 5.74) is -0.873. The van der Waals surface area contributed by atoms with Crippen LogP contribution in [0.4, 0.5) is 0 Å². The monoisotopic (exact) mass is 272 g/mol. The lowest BCUT2D eigenvalue weighted by Gasteiger charge is -2.27. The van der Waals surface area contributed by atoms with Crippen molar-refractivity contribution < 1.29 is 14.3 Å². The van der Waals surface area contributed by atoms with Gasteiger partial charge in [-0.2, -0.15) is 5.26 Å². The van der Waals surface area contributed by atoms with E-state index in [1.165, 1.54) is 11.8 Å². The molecule has 102 valence electrons. The maximum Gasteiger partial charge on any atom is 0.315 e. The number of ether oxygens (including phenoxy) is 1. The van der Waals surface area contributed by atoms with Crippen LogP contribution in [-0.4, -0.2) is 35.5 Å². The Morgan fingerprint density at radius 2 is 2.06 bits per heavy atom. The fourth-order valence-electron chi connectivity index (χ4n) is 1.06. The Morgan fingerprint density at radius 3 is 2.50 bits per heavy atom. The first kappa shape index (κ1) is 16.8. The zero-order valence-corrected chi connectivity index (χ0v) is 12.1. The molecule has 5 nitrogen and oxygen atoms in total. The number of carbonyl (C=O) groups is 2. The average Bonchev–Trinajstić information content (AvgIpc) is 2.28. The number of rotatable bonds is 7. The van der Waals surface area contributed by atoms with Gasteiger partial charge in [-0.25, -0.2) is 0 Å². The van der Waals surface area contributed by atoms with E-state index < -0.39 is 5.54 Å². The zero-order valence-electron chi connectivity index (χ0n) is 11.3. The van der Waals surface area contributed by atoms with Gasteiger partial charge in [-0.05, 0) is 19.8 Å². The lowest BCUT2D eigenvalue weighted by atomic mass is 9.90. The molecule has 0 rings (SSSR count). The Hall–Kier alpha value is -1.22. The Kier molecular flexibility index (Phi) is 7.44. The predicted molar refractivity (Wildman–Crippen MR) is 71.0 cm³/mol. The van der Waals surface area contributed by atoms with Gasteiger partial charge in [-0.3, -0.25) is 9.59 Å². The van der Waals surface area contributed by atoms with Crippen molar-refractivity contribution in [3.63, 3.8) is 0 Å². The number of nitrogens with one attached hydrogen (secondary N) is 1. The number of hydrogen-bond donors (Lipinski definition) is 1. The van der Waals surface area contributed by atoms with Crippen LogP contribution < -0.4 is 5.32 Å². The average molecular weight is 272 g/mol. The van der Waals surface area contributed by atoms with Crippen molar-refractivity contribution in [2.24, 2.45) is 5.92 Å². The SMILES string of the molecule is CCOC(=O)CSCC(=O)NC(C)(C#N)C(C)C. The summed E-state index contributed by atoms with van der Waals surface area (Å²) in [6.45, 7) is 7.50. The number of nitrogens with zero attached hydrogens (tertiary/aromatic N) is 1. The number of esters is 1. The van der Waals surface area contributed by atoms with Crippen LogP contribution in [0.1, 0.15) is 27.7 Å². The number of carbonyl (C=O) groups excluding carboxylic acids is 2. The van der Waals surface area contributed by atoms with E-state index >= 15 is 0 Å². The van der Waals surface area contributed by atoms with Crippen LogP contribution in [0.5, 0.6) is 0 Å². The van der Waals surface area contributed by atoms with Crippen molar-refractivity contribution in [2.45, 2.75) is 33.2 Å². The molecule has 0 heterocycles. The van der Waals surface area contributed by atoms with Crippen LogP contribution in [0.3, 0.4) is 0 Å². The van der Waals surface area contributed by atoms with Crippen LogP contribution in [0, 0.1) is 17.2 Å². The van der Waals surface area contributed by atoms with Gasteiger partial charge in [0.25, 0.3) is 0 Å². The number of nitriles is 1. The van der Waals surface area contributed by atoms with Crippen LogP contribution in [0.15, 0.2) is 0 Å². The van der Waals surface area contributed by atoms with Crippen molar-refractivity contribution in [1.82, 2.24) is 5.32 Å². The van der Waals surface area contributed by atoms with Gasteiger partial charge in [0.1, 0.15) is 5.54 Å². The zero-order chi connectivity index (χ0) is 14.2. The summed E-state index contributed by atoms with van der Waals surface area (Å²) in [4.78, 5) is 22.7. The summed E-state index contributed by atoms with van der Waals surface area (Å²) in [6.07, 6.45) is 0. The molecule has 0 spiro atoms. The minimum absolute atomic E-state index is 0.0153. The summed E-state index contributed by atoms with van der Waals surface area (Å²) in [5, 5.41) is 11.7. The van der Waals surface area contributed by atoms with Crippen molar-refractivity contribution in [3.8, 4) is 6.07 Å². The Morgan fingerprint density at radius 1 is 1.44 bits per heavy atom. The fraction of sp³-hybridized carbons (Fsp3) is 0.750. The van der Waals surface area contributed by atoms with Gasteiger partial charge in [-0.1, -0.05) is 13.8 Å². The second-order valence-corrected chi connectivity index (χ2v) is 5.30. The van der Waals surface area contributed by atoms with E-state index in [9.17, 15) is 9.59 Å². The van der Waals surface area contributed by atoms with E-state index in [-0.39, 0.29) is 29.3 Å². The highest BCUT2D eigenvalue weighted by Crippen LogP contribution is 2.15. The van der Waals surface area contributed by atoms with Crippen molar-refractivity contribution in [3.05, 3.63) is 0 Å². The van der Waals surface area contributed by atoms with Gasteiger partial charge in [-0.15, -0.1) is 11.8 Å². The van der Waals surface area contributed by atoms with E-state index in [0.29, 0.717) is 6.61 Å². The summed E-state index contributed by atoms with van der Waals surface area (Å²) in [7, 11) is 0.